The maximum absolute atomic E-state index is 13.6. The Balaban J connectivity index is 1.20. The number of carbonyl (C=O) groups excluding carboxylic acids is 3. The average Bonchev–Trinajstić information content (AvgIpc) is 3.75. The van der Waals surface area contributed by atoms with Gasteiger partial charge in [-0.15, -0.1) is 11.3 Å². The molecule has 0 spiro atoms. The third kappa shape index (κ3) is 6.63. The monoisotopic (exact) mass is 618 g/mol. The number of nitrogens with one attached hydrogen (secondary N) is 2. The van der Waals surface area contributed by atoms with Crippen LogP contribution >= 0.6 is 11.3 Å². The van der Waals surface area contributed by atoms with Gasteiger partial charge in [0.15, 0.2) is 5.01 Å². The van der Waals surface area contributed by atoms with Crippen molar-refractivity contribution < 1.29 is 18.8 Å². The van der Waals surface area contributed by atoms with Crippen LogP contribution in [0.4, 0.5) is 10.1 Å². The van der Waals surface area contributed by atoms with E-state index in [0.29, 0.717) is 32.7 Å². The van der Waals surface area contributed by atoms with Gasteiger partial charge in [0.1, 0.15) is 11.9 Å². The number of aromatic nitrogens is 3. The van der Waals surface area contributed by atoms with E-state index in [0.717, 1.165) is 16.9 Å². The summed E-state index contributed by atoms with van der Waals surface area (Å²) in [6.07, 6.45) is 3.41. The number of para-hydroxylation sites is 1. The van der Waals surface area contributed by atoms with Crippen LogP contribution in [0.2, 0.25) is 0 Å². The standard InChI is InChI=1S/C34H27FN6O3S/c1-40(21-22-12-14-24(35)15-13-22)34(44)30(23-8-3-2-4-9-23)39-32(43)33-38-27-17-16-25(20-29(27)45-33)37-31(42)26-10-5-6-11-28(26)41-19-7-18-36-41/h2-20,30H,21H2,1H3,(H,37,42)(H,39,43)/t30-/m0/s1. The van der Waals surface area contributed by atoms with E-state index in [1.165, 1.54) is 17.0 Å². The fourth-order valence-corrected chi connectivity index (χ4v) is 5.77. The third-order valence-electron chi connectivity index (χ3n) is 7.10. The summed E-state index contributed by atoms with van der Waals surface area (Å²) in [4.78, 5) is 46.2. The molecule has 6 rings (SSSR count). The lowest BCUT2D eigenvalue weighted by molar-refractivity contribution is -0.132. The van der Waals surface area contributed by atoms with Crippen LogP contribution in [0.5, 0.6) is 0 Å². The summed E-state index contributed by atoms with van der Waals surface area (Å²) in [6.45, 7) is 0.236. The molecule has 0 radical (unpaired) electrons. The second kappa shape index (κ2) is 12.9. The minimum absolute atomic E-state index is 0.174. The fraction of sp³-hybridized carbons (Fsp3) is 0.0882. The first kappa shape index (κ1) is 29.4. The Morgan fingerprint density at radius 1 is 0.911 bits per heavy atom. The first-order valence-electron chi connectivity index (χ1n) is 14.0. The molecule has 9 nitrogen and oxygen atoms in total. The van der Waals surface area contributed by atoms with Gasteiger partial charge in [-0.05, 0) is 59.7 Å². The van der Waals surface area contributed by atoms with E-state index in [2.05, 4.69) is 20.7 Å². The first-order valence-corrected chi connectivity index (χ1v) is 14.8. The molecule has 0 fully saturated rings. The maximum Gasteiger partial charge on any atom is 0.281 e. The summed E-state index contributed by atoms with van der Waals surface area (Å²) in [7, 11) is 1.63. The summed E-state index contributed by atoms with van der Waals surface area (Å²) in [5.74, 6) is -1.51. The number of thiazole rings is 1. The quantitative estimate of drug-likeness (QED) is 0.207. The molecule has 2 N–H and O–H groups in total. The second-order valence-electron chi connectivity index (χ2n) is 10.3. The SMILES string of the molecule is CN(Cc1ccc(F)cc1)C(=O)[C@@H](NC(=O)c1nc2ccc(NC(=O)c3ccccc3-n3cccn3)cc2s1)c1ccccc1. The van der Waals surface area contributed by atoms with Crippen molar-refractivity contribution in [3.8, 4) is 5.69 Å². The van der Waals surface area contributed by atoms with Gasteiger partial charge in [0.2, 0.25) is 5.91 Å². The Hall–Kier alpha value is -5.68. The van der Waals surface area contributed by atoms with Crippen molar-refractivity contribution in [1.29, 1.82) is 0 Å². The van der Waals surface area contributed by atoms with Crippen molar-refractivity contribution in [3.05, 3.63) is 143 Å². The van der Waals surface area contributed by atoms with Crippen LogP contribution in [-0.2, 0) is 11.3 Å². The lowest BCUT2D eigenvalue weighted by atomic mass is 10.1. The van der Waals surface area contributed by atoms with Crippen molar-refractivity contribution in [2.45, 2.75) is 12.6 Å². The number of nitrogens with zero attached hydrogens (tertiary/aromatic N) is 4. The number of hydrogen-bond donors (Lipinski definition) is 2. The van der Waals surface area contributed by atoms with Crippen molar-refractivity contribution in [2.24, 2.45) is 0 Å². The molecule has 0 aliphatic heterocycles. The zero-order valence-electron chi connectivity index (χ0n) is 24.1. The van der Waals surface area contributed by atoms with Gasteiger partial charge in [-0.2, -0.15) is 5.10 Å². The summed E-state index contributed by atoms with van der Waals surface area (Å²) in [5.41, 5.74) is 3.58. The van der Waals surface area contributed by atoms with Crippen LogP contribution < -0.4 is 10.6 Å². The molecule has 3 amide bonds. The van der Waals surface area contributed by atoms with Gasteiger partial charge >= 0.3 is 0 Å². The normalized spacial score (nSPS) is 11.6. The molecule has 0 saturated carbocycles. The molecule has 0 bridgehead atoms. The lowest BCUT2D eigenvalue weighted by Gasteiger charge is -2.25. The van der Waals surface area contributed by atoms with Crippen LogP contribution in [0.3, 0.4) is 0 Å². The Kier molecular flexibility index (Phi) is 8.43. The fourth-order valence-electron chi connectivity index (χ4n) is 4.86. The van der Waals surface area contributed by atoms with E-state index < -0.39 is 11.9 Å². The molecule has 6 aromatic rings. The smallest absolute Gasteiger partial charge is 0.281 e. The number of anilines is 1. The maximum atomic E-state index is 13.6. The Labute approximate surface area is 262 Å². The average molecular weight is 619 g/mol. The molecule has 2 heterocycles. The lowest BCUT2D eigenvalue weighted by Crippen LogP contribution is -2.41. The predicted octanol–water partition coefficient (Wildman–Crippen LogP) is 6.00. The van der Waals surface area contributed by atoms with Crippen LogP contribution in [0.15, 0.2) is 116 Å². The molecule has 11 heteroatoms. The zero-order valence-corrected chi connectivity index (χ0v) is 24.9. The van der Waals surface area contributed by atoms with E-state index in [4.69, 9.17) is 0 Å². The van der Waals surface area contributed by atoms with E-state index in [-0.39, 0.29) is 29.2 Å². The zero-order chi connectivity index (χ0) is 31.3. The second-order valence-corrected chi connectivity index (χ2v) is 11.3. The van der Waals surface area contributed by atoms with Gasteiger partial charge in [0.05, 0.1) is 21.5 Å². The molecule has 0 aliphatic rings. The number of halogens is 1. The van der Waals surface area contributed by atoms with Crippen molar-refractivity contribution in [3.63, 3.8) is 0 Å². The number of benzene rings is 4. The largest absolute Gasteiger partial charge is 0.339 e. The molecular formula is C34H27FN6O3S. The number of carbonyl (C=O) groups is 3. The van der Waals surface area contributed by atoms with Gasteiger partial charge in [-0.1, -0.05) is 54.6 Å². The Bertz CT molecular complexity index is 1980. The summed E-state index contributed by atoms with van der Waals surface area (Å²) < 4.78 is 15.7. The van der Waals surface area contributed by atoms with Gasteiger partial charge in [0, 0.05) is 31.7 Å². The van der Waals surface area contributed by atoms with E-state index in [1.807, 2.05) is 18.2 Å². The predicted molar refractivity (Wildman–Crippen MR) is 171 cm³/mol. The number of hydrogen-bond acceptors (Lipinski definition) is 6. The Morgan fingerprint density at radius 2 is 1.67 bits per heavy atom. The van der Waals surface area contributed by atoms with Crippen LogP contribution in [0.25, 0.3) is 15.9 Å². The van der Waals surface area contributed by atoms with Crippen molar-refractivity contribution >= 4 is 45.0 Å². The van der Waals surface area contributed by atoms with Gasteiger partial charge in [-0.25, -0.2) is 14.1 Å². The van der Waals surface area contributed by atoms with E-state index >= 15 is 0 Å². The highest BCUT2D eigenvalue weighted by Crippen LogP contribution is 2.27. The number of fused-ring (bicyclic) bond motifs is 1. The van der Waals surface area contributed by atoms with Crippen LogP contribution in [0, 0.1) is 5.82 Å². The minimum Gasteiger partial charge on any atom is -0.339 e. The highest BCUT2D eigenvalue weighted by atomic mass is 32.1. The summed E-state index contributed by atoms with van der Waals surface area (Å²) >= 11 is 1.16. The minimum atomic E-state index is -0.971. The molecule has 224 valence electrons. The van der Waals surface area contributed by atoms with Crippen LogP contribution in [0.1, 0.15) is 37.3 Å². The molecule has 45 heavy (non-hydrogen) atoms. The van der Waals surface area contributed by atoms with Gasteiger partial charge < -0.3 is 15.5 Å². The van der Waals surface area contributed by atoms with Crippen molar-refractivity contribution in [1.82, 2.24) is 25.0 Å². The summed E-state index contributed by atoms with van der Waals surface area (Å²) in [6, 6.07) is 28.1. The molecule has 0 unspecified atom stereocenters. The van der Waals surface area contributed by atoms with E-state index in [9.17, 15) is 18.8 Å². The van der Waals surface area contributed by atoms with Gasteiger partial charge in [0.25, 0.3) is 11.8 Å². The van der Waals surface area contributed by atoms with Crippen molar-refractivity contribution in [2.75, 3.05) is 12.4 Å². The highest BCUT2D eigenvalue weighted by Gasteiger charge is 2.27. The van der Waals surface area contributed by atoms with Crippen LogP contribution in [-0.4, -0.2) is 44.4 Å². The summed E-state index contributed by atoms with van der Waals surface area (Å²) in [5, 5.41) is 10.2. The highest BCUT2D eigenvalue weighted by molar-refractivity contribution is 7.20. The number of amides is 3. The topological polar surface area (TPSA) is 109 Å². The molecule has 4 aromatic carbocycles. The van der Waals surface area contributed by atoms with E-state index in [1.54, 1.807) is 96.9 Å². The molecule has 1 atom stereocenters. The number of likely N-dealkylation sites (N-methyl/N-ethyl adjacent to an activating group) is 1. The molecule has 2 aromatic heterocycles. The number of rotatable bonds is 9. The molecule has 0 saturated heterocycles. The third-order valence-corrected chi connectivity index (χ3v) is 8.12. The van der Waals surface area contributed by atoms with Gasteiger partial charge in [-0.3, -0.25) is 14.4 Å². The molecular weight excluding hydrogens is 591 g/mol. The molecule has 0 aliphatic carbocycles. The Morgan fingerprint density at radius 3 is 2.42 bits per heavy atom. The first-order chi connectivity index (χ1) is 21.9.